The molecule has 9 nitrogen and oxygen atoms in total. The molecule has 4 N–H and O–H groups in total. The highest BCUT2D eigenvalue weighted by atomic mass is 16.2. The van der Waals surface area contributed by atoms with Gasteiger partial charge in [-0.05, 0) is 75.5 Å². The Morgan fingerprint density at radius 1 is 0.977 bits per heavy atom. The molecular weight excluding hydrogens is 552 g/mol. The van der Waals surface area contributed by atoms with Gasteiger partial charge in [-0.15, -0.1) is 0 Å². The minimum absolute atomic E-state index is 0.0904. The highest BCUT2D eigenvalue weighted by Crippen LogP contribution is 2.27. The number of nitrogens with zero attached hydrogens (tertiary/aromatic N) is 3. The Labute approximate surface area is 261 Å². The zero-order valence-electron chi connectivity index (χ0n) is 25.7. The molecule has 1 aliphatic rings. The van der Waals surface area contributed by atoms with Crippen LogP contribution in [0.3, 0.4) is 0 Å². The summed E-state index contributed by atoms with van der Waals surface area (Å²) in [5.41, 5.74) is 8.81. The predicted molar refractivity (Wildman–Crippen MR) is 173 cm³/mol. The molecule has 4 rings (SSSR count). The van der Waals surface area contributed by atoms with Crippen LogP contribution < -0.4 is 16.4 Å². The fourth-order valence-corrected chi connectivity index (χ4v) is 6.02. The topological polar surface area (TPSA) is 121 Å². The van der Waals surface area contributed by atoms with Crippen molar-refractivity contribution < 1.29 is 14.4 Å². The lowest BCUT2D eigenvalue weighted by molar-refractivity contribution is -0.139. The molecule has 2 aromatic carbocycles. The van der Waals surface area contributed by atoms with Crippen LogP contribution in [0.1, 0.15) is 54.8 Å². The van der Waals surface area contributed by atoms with Gasteiger partial charge < -0.3 is 26.2 Å². The van der Waals surface area contributed by atoms with E-state index in [4.69, 9.17) is 5.73 Å². The summed E-state index contributed by atoms with van der Waals surface area (Å²) in [4.78, 5) is 47.0. The lowest BCUT2D eigenvalue weighted by Crippen LogP contribution is -2.52. The van der Waals surface area contributed by atoms with Crippen molar-refractivity contribution in [3.8, 4) is 0 Å². The van der Waals surface area contributed by atoms with Crippen LogP contribution in [0.5, 0.6) is 0 Å². The lowest BCUT2D eigenvalue weighted by Gasteiger charge is -2.28. The first kappa shape index (κ1) is 32.8. The van der Waals surface area contributed by atoms with E-state index in [0.29, 0.717) is 25.4 Å². The summed E-state index contributed by atoms with van der Waals surface area (Å²) in [6.07, 6.45) is 6.47. The van der Waals surface area contributed by atoms with Gasteiger partial charge in [0.05, 0.1) is 13.1 Å². The van der Waals surface area contributed by atoms with Crippen molar-refractivity contribution in [3.05, 3.63) is 102 Å². The number of primary amides is 1. The number of nitrogens with one attached hydrogen (secondary N) is 2. The number of benzene rings is 2. The maximum Gasteiger partial charge on any atom is 0.245 e. The van der Waals surface area contributed by atoms with Crippen molar-refractivity contribution in [2.24, 2.45) is 5.73 Å². The van der Waals surface area contributed by atoms with Gasteiger partial charge in [0, 0.05) is 36.8 Å². The number of carbonyl (C=O) groups is 3. The van der Waals surface area contributed by atoms with E-state index in [9.17, 15) is 14.4 Å². The third kappa shape index (κ3) is 10.3. The molecule has 9 heteroatoms. The molecule has 3 amide bonds. The van der Waals surface area contributed by atoms with E-state index in [1.165, 1.54) is 16.0 Å². The molecule has 0 unspecified atom stereocenters. The molecule has 2 atom stereocenters. The van der Waals surface area contributed by atoms with Crippen LogP contribution in [0.15, 0.2) is 85.1 Å². The van der Waals surface area contributed by atoms with Crippen LogP contribution in [0.4, 0.5) is 0 Å². The highest BCUT2D eigenvalue weighted by molar-refractivity contribution is 5.90. The van der Waals surface area contributed by atoms with Gasteiger partial charge in [0.15, 0.2) is 0 Å². The summed E-state index contributed by atoms with van der Waals surface area (Å²) in [5.74, 6) is -0.926. The van der Waals surface area contributed by atoms with Gasteiger partial charge in [0.1, 0.15) is 6.04 Å². The van der Waals surface area contributed by atoms with Crippen molar-refractivity contribution in [2.75, 3.05) is 39.8 Å². The Morgan fingerprint density at radius 2 is 1.66 bits per heavy atom. The van der Waals surface area contributed by atoms with Gasteiger partial charge in [0.2, 0.25) is 17.7 Å². The summed E-state index contributed by atoms with van der Waals surface area (Å²) < 4.78 is 0. The first-order valence-corrected chi connectivity index (χ1v) is 15.7. The average molecular weight is 599 g/mol. The first-order chi connectivity index (χ1) is 21.4. The number of rotatable bonds is 17. The second-order valence-electron chi connectivity index (χ2n) is 11.6. The van der Waals surface area contributed by atoms with Gasteiger partial charge in [-0.1, -0.05) is 66.7 Å². The number of pyridine rings is 1. The predicted octanol–water partition coefficient (Wildman–Crippen LogP) is 3.11. The van der Waals surface area contributed by atoms with E-state index in [-0.39, 0.29) is 37.4 Å². The van der Waals surface area contributed by atoms with Crippen molar-refractivity contribution in [1.82, 2.24) is 25.4 Å². The van der Waals surface area contributed by atoms with Crippen molar-refractivity contribution in [1.29, 1.82) is 0 Å². The Kier molecular flexibility index (Phi) is 12.9. The van der Waals surface area contributed by atoms with Crippen LogP contribution >= 0.6 is 0 Å². The summed E-state index contributed by atoms with van der Waals surface area (Å²) in [6, 6.07) is 26.0. The Balaban J connectivity index is 1.37. The normalized spacial score (nSPS) is 15.6. The molecule has 1 aromatic heterocycles. The van der Waals surface area contributed by atoms with Crippen LogP contribution in [-0.4, -0.2) is 84.4 Å². The van der Waals surface area contributed by atoms with Crippen molar-refractivity contribution in [2.45, 2.75) is 56.5 Å². The zero-order chi connectivity index (χ0) is 31.1. The summed E-state index contributed by atoms with van der Waals surface area (Å²) in [5, 5.41) is 6.26. The third-order valence-electron chi connectivity index (χ3n) is 8.42. The minimum Gasteiger partial charge on any atom is -0.368 e. The maximum atomic E-state index is 13.8. The number of hydrogen-bond acceptors (Lipinski definition) is 6. The van der Waals surface area contributed by atoms with Crippen molar-refractivity contribution in [3.63, 3.8) is 0 Å². The molecule has 1 saturated heterocycles. The van der Waals surface area contributed by atoms with E-state index in [0.717, 1.165) is 37.9 Å². The molecule has 0 aliphatic carbocycles. The van der Waals surface area contributed by atoms with Crippen LogP contribution in [0.25, 0.3) is 0 Å². The number of carbonyl (C=O) groups excluding carboxylic acids is 3. The highest BCUT2D eigenvalue weighted by Gasteiger charge is 2.29. The number of likely N-dealkylation sites (tertiary alicyclic amines) is 1. The molecular formula is C35H46N6O3. The Hall–Kier alpha value is -4.08. The molecule has 2 heterocycles. The van der Waals surface area contributed by atoms with E-state index in [2.05, 4.69) is 51.8 Å². The van der Waals surface area contributed by atoms with Crippen LogP contribution in [-0.2, 0) is 20.8 Å². The van der Waals surface area contributed by atoms with Crippen molar-refractivity contribution >= 4 is 17.7 Å². The minimum atomic E-state index is -0.747. The standard InChI is InChI=1S/C35H46N6O3/c1-40-23-10-16-30(40)17-18-32(35(44)41(26-33(36)42)24-20-29-15-8-9-21-38-29)39-34(43)25-37-22-19-31(27-11-4-2-5-12-27)28-13-6-3-7-14-28/h2-9,11-15,21,30-32,37H,10,16-20,22-26H2,1H3,(H2,36,42)(H,39,43)/t30-,32+/m1/s1. The summed E-state index contributed by atoms with van der Waals surface area (Å²) in [7, 11) is 2.10. The molecule has 0 saturated carbocycles. The number of amides is 3. The maximum absolute atomic E-state index is 13.8. The Bertz CT molecular complexity index is 1270. The van der Waals surface area contributed by atoms with Gasteiger partial charge in [-0.3, -0.25) is 19.4 Å². The number of aromatic nitrogens is 1. The third-order valence-corrected chi connectivity index (χ3v) is 8.42. The van der Waals surface area contributed by atoms with E-state index < -0.39 is 11.9 Å². The fraction of sp³-hybridized carbons (Fsp3) is 0.429. The number of nitrogens with two attached hydrogens (primary N) is 1. The molecule has 3 aromatic rings. The molecule has 0 bridgehead atoms. The SMILES string of the molecule is CN1CCC[C@@H]1CC[C@H](NC(=O)CNCCC(c1ccccc1)c1ccccc1)C(=O)N(CCc1ccccn1)CC(N)=O. The van der Waals surface area contributed by atoms with Gasteiger partial charge in [-0.2, -0.15) is 0 Å². The number of hydrogen-bond donors (Lipinski definition) is 3. The Morgan fingerprint density at radius 3 is 2.25 bits per heavy atom. The molecule has 0 spiro atoms. The van der Waals surface area contributed by atoms with E-state index in [1.807, 2.05) is 54.6 Å². The second-order valence-corrected chi connectivity index (χ2v) is 11.6. The second kappa shape index (κ2) is 17.3. The summed E-state index contributed by atoms with van der Waals surface area (Å²) in [6.45, 7) is 1.83. The van der Waals surface area contributed by atoms with E-state index in [1.54, 1.807) is 6.20 Å². The van der Waals surface area contributed by atoms with Gasteiger partial charge in [-0.25, -0.2) is 0 Å². The molecule has 44 heavy (non-hydrogen) atoms. The first-order valence-electron chi connectivity index (χ1n) is 15.7. The van der Waals surface area contributed by atoms with E-state index >= 15 is 0 Å². The average Bonchev–Trinajstić information content (AvgIpc) is 3.46. The van der Waals surface area contributed by atoms with Gasteiger partial charge >= 0.3 is 0 Å². The van der Waals surface area contributed by atoms with Crippen LogP contribution in [0.2, 0.25) is 0 Å². The molecule has 234 valence electrons. The molecule has 1 aliphatic heterocycles. The largest absolute Gasteiger partial charge is 0.368 e. The lowest BCUT2D eigenvalue weighted by atomic mass is 9.88. The van der Waals surface area contributed by atoms with Crippen LogP contribution in [0, 0.1) is 0 Å². The fourth-order valence-electron chi connectivity index (χ4n) is 6.02. The van der Waals surface area contributed by atoms with Gasteiger partial charge in [0.25, 0.3) is 0 Å². The molecule has 1 fully saturated rings. The monoisotopic (exact) mass is 598 g/mol. The smallest absolute Gasteiger partial charge is 0.245 e. The summed E-state index contributed by atoms with van der Waals surface area (Å²) >= 11 is 0. The zero-order valence-corrected chi connectivity index (χ0v) is 25.7. The molecule has 0 radical (unpaired) electrons. The quantitative estimate of drug-likeness (QED) is 0.206.